The van der Waals surface area contributed by atoms with E-state index in [4.69, 9.17) is 0 Å². The molecule has 0 spiro atoms. The van der Waals surface area contributed by atoms with Gasteiger partial charge in [-0.05, 0) is 53.5 Å². The third-order valence-electron chi connectivity index (χ3n) is 3.25. The highest BCUT2D eigenvalue weighted by Crippen LogP contribution is 2.23. The highest BCUT2D eigenvalue weighted by molar-refractivity contribution is 7.84. The van der Waals surface area contributed by atoms with Crippen molar-refractivity contribution in [3.05, 3.63) is 121 Å². The summed E-state index contributed by atoms with van der Waals surface area (Å²) in [5, 5.41) is 0. The fourth-order valence-corrected chi connectivity index (χ4v) is 1.70. The fourth-order valence-electron chi connectivity index (χ4n) is 1.63. The molecule has 0 saturated carbocycles. The molecule has 0 amide bonds. The molecule has 0 aromatic carbocycles. The second-order valence-electron chi connectivity index (χ2n) is 5.47. The van der Waals surface area contributed by atoms with Crippen molar-refractivity contribution >= 4 is 12.6 Å². The minimum absolute atomic E-state index is 0.203. The lowest BCUT2D eigenvalue weighted by molar-refractivity contribution is 0.655. The van der Waals surface area contributed by atoms with Gasteiger partial charge in [0.25, 0.3) is 0 Å². The topological polar surface area (TPSA) is 0 Å². The van der Waals surface area contributed by atoms with Crippen LogP contribution in [0.1, 0.15) is 19.8 Å². The van der Waals surface area contributed by atoms with E-state index in [-0.39, 0.29) is 5.57 Å². The van der Waals surface area contributed by atoms with Crippen LogP contribution in [0.25, 0.3) is 0 Å². The third kappa shape index (κ3) is 10.2. The maximum absolute atomic E-state index is 14.3. The van der Waals surface area contributed by atoms with E-state index in [1.54, 1.807) is 18.2 Å². The number of halogens is 1. The first-order valence-electron chi connectivity index (χ1n) is 7.86. The smallest absolute Gasteiger partial charge is 0.131 e. The van der Waals surface area contributed by atoms with Crippen LogP contribution in [0.4, 0.5) is 4.39 Å². The molecule has 0 aromatic heterocycles. The number of hydrogen-bond donors (Lipinski definition) is 1. The normalized spacial score (nSPS) is 12.0. The van der Waals surface area contributed by atoms with E-state index in [1.807, 2.05) is 19.1 Å². The lowest BCUT2D eigenvalue weighted by atomic mass is 10.0. The summed E-state index contributed by atoms with van der Waals surface area (Å²) in [7, 11) is 0. The summed E-state index contributed by atoms with van der Waals surface area (Å²) in [6.07, 6.45) is 14.0. The second kappa shape index (κ2) is 12.1. The Hall–Kier alpha value is -2.32. The van der Waals surface area contributed by atoms with E-state index in [0.717, 1.165) is 18.4 Å². The average molecular weight is 355 g/mol. The molecule has 0 heterocycles. The van der Waals surface area contributed by atoms with Crippen LogP contribution in [0, 0.1) is 0 Å². The van der Waals surface area contributed by atoms with Gasteiger partial charge >= 0.3 is 0 Å². The largest absolute Gasteiger partial charge is 0.206 e. The number of hydrogen-bond acceptors (Lipinski definition) is 1. The summed E-state index contributed by atoms with van der Waals surface area (Å²) in [6, 6.07) is 0. The number of thiol groups is 1. The van der Waals surface area contributed by atoms with E-state index in [9.17, 15) is 4.39 Å². The molecule has 0 bridgehead atoms. The molecule has 0 atom stereocenters. The molecule has 0 unspecified atom stereocenters. The van der Waals surface area contributed by atoms with Gasteiger partial charge in [-0.2, -0.15) is 0 Å². The lowest BCUT2D eigenvalue weighted by Crippen LogP contribution is -1.88. The van der Waals surface area contributed by atoms with Gasteiger partial charge in [0.1, 0.15) is 5.83 Å². The summed E-state index contributed by atoms with van der Waals surface area (Å²) >= 11 is 4.05. The Kier molecular flexibility index (Phi) is 11.0. The van der Waals surface area contributed by atoms with E-state index in [0.29, 0.717) is 21.6 Å². The second-order valence-corrected chi connectivity index (χ2v) is 6.04. The maximum Gasteiger partial charge on any atom is 0.131 e. The van der Waals surface area contributed by atoms with E-state index in [1.165, 1.54) is 6.08 Å². The van der Waals surface area contributed by atoms with Gasteiger partial charge in [0, 0.05) is 5.57 Å². The van der Waals surface area contributed by atoms with Crippen molar-refractivity contribution in [3.63, 3.8) is 0 Å². The van der Waals surface area contributed by atoms with Crippen molar-refractivity contribution in [1.29, 1.82) is 0 Å². The molecular weight excluding hydrogens is 327 g/mol. The molecule has 0 aromatic rings. The Labute approximate surface area is 157 Å². The molecule has 0 aliphatic rings. The van der Waals surface area contributed by atoms with Crippen molar-refractivity contribution in [2.75, 3.05) is 0 Å². The maximum atomic E-state index is 14.3. The van der Waals surface area contributed by atoms with Crippen LogP contribution in [0.15, 0.2) is 121 Å². The van der Waals surface area contributed by atoms with Crippen molar-refractivity contribution in [1.82, 2.24) is 0 Å². The first kappa shape index (κ1) is 22.7. The fraction of sp³-hybridized carbons (Fsp3) is 0.130. The SMILES string of the molecule is C=C(S)/C=C\C(=C)C(=C)/C=C(/F)C(=C)C(=C)/C=C\C(=C)CC/C=C/C. The first-order chi connectivity index (χ1) is 11.7. The van der Waals surface area contributed by atoms with Crippen molar-refractivity contribution in [2.45, 2.75) is 19.8 Å². The van der Waals surface area contributed by atoms with E-state index < -0.39 is 5.83 Å². The Morgan fingerprint density at radius 1 is 0.880 bits per heavy atom. The van der Waals surface area contributed by atoms with Crippen molar-refractivity contribution in [3.8, 4) is 0 Å². The lowest BCUT2D eigenvalue weighted by Gasteiger charge is -2.05. The molecule has 25 heavy (non-hydrogen) atoms. The Balaban J connectivity index is 4.83. The molecule has 0 saturated heterocycles. The highest BCUT2D eigenvalue weighted by atomic mass is 32.1. The minimum Gasteiger partial charge on any atom is -0.206 e. The molecule has 0 rings (SSSR count). The van der Waals surface area contributed by atoms with Crippen LogP contribution < -0.4 is 0 Å². The number of allylic oxidation sites excluding steroid dienone is 13. The Morgan fingerprint density at radius 2 is 1.48 bits per heavy atom. The molecule has 0 radical (unpaired) electrons. The number of rotatable bonds is 11. The van der Waals surface area contributed by atoms with Crippen molar-refractivity contribution < 1.29 is 4.39 Å². The quantitative estimate of drug-likeness (QED) is 0.221. The molecule has 0 N–H and O–H groups in total. The average Bonchev–Trinajstić information content (AvgIpc) is 2.56. The molecule has 0 fully saturated rings. The van der Waals surface area contributed by atoms with Crippen LogP contribution in [0.3, 0.4) is 0 Å². The van der Waals surface area contributed by atoms with Gasteiger partial charge in [-0.25, -0.2) is 4.39 Å². The van der Waals surface area contributed by atoms with Gasteiger partial charge < -0.3 is 0 Å². The third-order valence-corrected chi connectivity index (χ3v) is 3.40. The van der Waals surface area contributed by atoms with Crippen LogP contribution in [0.5, 0.6) is 0 Å². The molecule has 0 aliphatic heterocycles. The first-order valence-corrected chi connectivity index (χ1v) is 8.30. The van der Waals surface area contributed by atoms with E-state index >= 15 is 0 Å². The monoisotopic (exact) mass is 354 g/mol. The van der Waals surface area contributed by atoms with Crippen LogP contribution >= 0.6 is 12.6 Å². The van der Waals surface area contributed by atoms with Gasteiger partial charge in [-0.1, -0.05) is 75.4 Å². The van der Waals surface area contributed by atoms with Gasteiger partial charge in [-0.15, -0.1) is 12.6 Å². The molecule has 132 valence electrons. The molecule has 0 aliphatic carbocycles. The molecular formula is C23H27FS. The van der Waals surface area contributed by atoms with Gasteiger partial charge in [0.15, 0.2) is 0 Å². The highest BCUT2D eigenvalue weighted by Gasteiger charge is 2.05. The summed E-state index contributed by atoms with van der Waals surface area (Å²) in [4.78, 5) is 0.580. The minimum atomic E-state index is -0.501. The zero-order chi connectivity index (χ0) is 19.4. The summed E-state index contributed by atoms with van der Waals surface area (Å²) in [5.41, 5.74) is 2.65. The Bertz CT molecular complexity index is 694. The summed E-state index contributed by atoms with van der Waals surface area (Å²) < 4.78 is 14.3. The van der Waals surface area contributed by atoms with Gasteiger partial charge in [-0.3, -0.25) is 0 Å². The van der Waals surface area contributed by atoms with Crippen LogP contribution in [-0.2, 0) is 0 Å². The predicted molar refractivity (Wildman–Crippen MR) is 115 cm³/mol. The Morgan fingerprint density at radius 3 is 2.04 bits per heavy atom. The van der Waals surface area contributed by atoms with Crippen LogP contribution in [0.2, 0.25) is 0 Å². The summed E-state index contributed by atoms with van der Waals surface area (Å²) in [6.45, 7) is 24.8. The predicted octanol–water partition coefficient (Wildman–Crippen LogP) is 7.53. The molecule has 2 heteroatoms. The van der Waals surface area contributed by atoms with E-state index in [2.05, 4.69) is 58.2 Å². The van der Waals surface area contributed by atoms with Gasteiger partial charge in [0.2, 0.25) is 0 Å². The van der Waals surface area contributed by atoms with Crippen molar-refractivity contribution in [2.24, 2.45) is 0 Å². The molecule has 0 nitrogen and oxygen atoms in total. The summed E-state index contributed by atoms with van der Waals surface area (Å²) in [5.74, 6) is -0.501. The zero-order valence-electron chi connectivity index (χ0n) is 15.0. The standard InChI is InChI=1S/C23H27FS/c1-8-9-10-11-17(2)12-13-19(4)22(7)23(24)16-20(5)18(3)14-15-21(6)25/h8-9,12-16,25H,2-7,10-11H2,1H3/b9-8+,13-12-,15-14-,23-16+. The van der Waals surface area contributed by atoms with Crippen LogP contribution in [-0.4, -0.2) is 0 Å². The zero-order valence-corrected chi connectivity index (χ0v) is 15.9. The van der Waals surface area contributed by atoms with Gasteiger partial charge in [0.05, 0.1) is 0 Å².